The van der Waals surface area contributed by atoms with E-state index in [0.29, 0.717) is 18.9 Å². The largest absolute Gasteiger partial charge is 0.492 e. The quantitative estimate of drug-likeness (QED) is 0.595. The van der Waals surface area contributed by atoms with Crippen LogP contribution in [0.25, 0.3) is 0 Å². The highest BCUT2D eigenvalue weighted by molar-refractivity contribution is 5.12. The van der Waals surface area contributed by atoms with E-state index < -0.39 is 0 Å². The Bertz CT molecular complexity index is 284. The van der Waals surface area contributed by atoms with Crippen molar-refractivity contribution < 1.29 is 4.74 Å². The first-order valence-electron chi connectivity index (χ1n) is 3.70. The van der Waals surface area contributed by atoms with Gasteiger partial charge in [0, 0.05) is 6.07 Å². The molecule has 66 valence electrons. The molecule has 0 saturated heterocycles. The number of hydrogen-bond acceptors (Lipinski definition) is 4. The number of hydrogen-bond donors (Lipinski definition) is 2. The van der Waals surface area contributed by atoms with Gasteiger partial charge in [0.25, 0.3) is 5.56 Å². The molecule has 0 saturated carbocycles. The van der Waals surface area contributed by atoms with Gasteiger partial charge in [0.15, 0.2) is 0 Å². The van der Waals surface area contributed by atoms with E-state index in [9.17, 15) is 4.79 Å². The Morgan fingerprint density at radius 3 is 3.17 bits per heavy atom. The molecule has 0 aliphatic heterocycles. The SMILES string of the molecule is NCCCOc1cn[nH]c(=O)c1. The summed E-state index contributed by atoms with van der Waals surface area (Å²) >= 11 is 0. The molecule has 12 heavy (non-hydrogen) atoms. The van der Waals surface area contributed by atoms with Crippen LogP contribution in [0, 0.1) is 0 Å². The van der Waals surface area contributed by atoms with Crippen LogP contribution in [-0.2, 0) is 0 Å². The monoisotopic (exact) mass is 169 g/mol. The maximum absolute atomic E-state index is 10.7. The Morgan fingerprint density at radius 2 is 2.50 bits per heavy atom. The second-order valence-corrected chi connectivity index (χ2v) is 2.27. The van der Waals surface area contributed by atoms with Crippen molar-refractivity contribution in [2.75, 3.05) is 13.2 Å². The van der Waals surface area contributed by atoms with Crippen LogP contribution in [0.4, 0.5) is 0 Å². The minimum absolute atomic E-state index is 0.264. The summed E-state index contributed by atoms with van der Waals surface area (Å²) in [4.78, 5) is 10.7. The third kappa shape index (κ3) is 2.71. The summed E-state index contributed by atoms with van der Waals surface area (Å²) in [5.74, 6) is 0.479. The Kier molecular flexibility index (Phi) is 3.28. The molecule has 0 spiro atoms. The van der Waals surface area contributed by atoms with E-state index in [4.69, 9.17) is 10.5 Å². The third-order valence-corrected chi connectivity index (χ3v) is 1.26. The van der Waals surface area contributed by atoms with Gasteiger partial charge in [-0.15, -0.1) is 0 Å². The molecule has 5 nitrogen and oxygen atoms in total. The average Bonchev–Trinajstić information content (AvgIpc) is 2.05. The van der Waals surface area contributed by atoms with Gasteiger partial charge in [0.2, 0.25) is 0 Å². The van der Waals surface area contributed by atoms with E-state index in [0.717, 1.165) is 6.42 Å². The molecule has 0 bridgehead atoms. The maximum Gasteiger partial charge on any atom is 0.267 e. The van der Waals surface area contributed by atoms with Crippen molar-refractivity contribution >= 4 is 0 Å². The fourth-order valence-electron chi connectivity index (χ4n) is 0.711. The smallest absolute Gasteiger partial charge is 0.267 e. The number of rotatable bonds is 4. The number of nitrogens with zero attached hydrogens (tertiary/aromatic N) is 1. The van der Waals surface area contributed by atoms with Gasteiger partial charge in [-0.1, -0.05) is 0 Å². The summed E-state index contributed by atoms with van der Waals surface area (Å²) in [7, 11) is 0. The lowest BCUT2D eigenvalue weighted by Crippen LogP contribution is -2.10. The van der Waals surface area contributed by atoms with Crippen molar-refractivity contribution in [2.45, 2.75) is 6.42 Å². The lowest BCUT2D eigenvalue weighted by molar-refractivity contribution is 0.311. The van der Waals surface area contributed by atoms with Crippen molar-refractivity contribution in [1.29, 1.82) is 0 Å². The Balaban J connectivity index is 2.47. The van der Waals surface area contributed by atoms with E-state index in [1.165, 1.54) is 12.3 Å². The molecule has 0 aromatic carbocycles. The first kappa shape index (κ1) is 8.73. The minimum Gasteiger partial charge on any atom is -0.492 e. The predicted octanol–water partition coefficient (Wildman–Crippen LogP) is -0.502. The molecule has 0 unspecified atom stereocenters. The van der Waals surface area contributed by atoms with Crippen molar-refractivity contribution in [3.05, 3.63) is 22.6 Å². The zero-order valence-electron chi connectivity index (χ0n) is 6.62. The fourth-order valence-corrected chi connectivity index (χ4v) is 0.711. The van der Waals surface area contributed by atoms with Crippen molar-refractivity contribution in [1.82, 2.24) is 10.2 Å². The van der Waals surface area contributed by atoms with Crippen LogP contribution in [-0.4, -0.2) is 23.3 Å². The normalized spacial score (nSPS) is 9.75. The molecule has 1 heterocycles. The number of nitrogens with one attached hydrogen (secondary N) is 1. The lowest BCUT2D eigenvalue weighted by atomic mass is 10.4. The van der Waals surface area contributed by atoms with Gasteiger partial charge in [-0.05, 0) is 13.0 Å². The lowest BCUT2D eigenvalue weighted by Gasteiger charge is -2.02. The zero-order valence-corrected chi connectivity index (χ0v) is 6.62. The van der Waals surface area contributed by atoms with Gasteiger partial charge < -0.3 is 10.5 Å². The number of ether oxygens (including phenoxy) is 1. The zero-order chi connectivity index (χ0) is 8.81. The molecule has 1 aromatic rings. The van der Waals surface area contributed by atoms with E-state index >= 15 is 0 Å². The van der Waals surface area contributed by atoms with Crippen molar-refractivity contribution in [2.24, 2.45) is 5.73 Å². The van der Waals surface area contributed by atoms with Crippen LogP contribution in [0.3, 0.4) is 0 Å². The van der Waals surface area contributed by atoms with Gasteiger partial charge >= 0.3 is 0 Å². The van der Waals surface area contributed by atoms with E-state index in [2.05, 4.69) is 10.2 Å². The molecule has 0 atom stereocenters. The van der Waals surface area contributed by atoms with Gasteiger partial charge in [-0.2, -0.15) is 5.10 Å². The minimum atomic E-state index is -0.264. The Morgan fingerprint density at radius 1 is 1.67 bits per heavy atom. The molecule has 3 N–H and O–H groups in total. The number of nitrogens with two attached hydrogens (primary N) is 1. The van der Waals surface area contributed by atoms with Crippen LogP contribution >= 0.6 is 0 Å². The van der Waals surface area contributed by atoms with E-state index in [1.807, 2.05) is 0 Å². The second-order valence-electron chi connectivity index (χ2n) is 2.27. The molecular formula is C7H11N3O2. The molecule has 0 aliphatic carbocycles. The van der Waals surface area contributed by atoms with Crippen molar-refractivity contribution in [3.8, 4) is 5.75 Å². The standard InChI is InChI=1S/C7H11N3O2/c8-2-1-3-12-6-4-7(11)10-9-5-6/h4-5H,1-3,8H2,(H,10,11). The first-order valence-corrected chi connectivity index (χ1v) is 3.70. The molecule has 0 amide bonds. The number of aromatic nitrogens is 2. The molecular weight excluding hydrogens is 158 g/mol. The molecule has 1 aromatic heterocycles. The Hall–Kier alpha value is -1.36. The summed E-state index contributed by atoms with van der Waals surface area (Å²) in [6.45, 7) is 1.10. The fraction of sp³-hybridized carbons (Fsp3) is 0.429. The van der Waals surface area contributed by atoms with Crippen LogP contribution in [0.2, 0.25) is 0 Å². The van der Waals surface area contributed by atoms with Crippen LogP contribution < -0.4 is 16.0 Å². The van der Waals surface area contributed by atoms with Crippen LogP contribution in [0.5, 0.6) is 5.75 Å². The topological polar surface area (TPSA) is 81.0 Å². The van der Waals surface area contributed by atoms with Gasteiger partial charge in [0.05, 0.1) is 12.8 Å². The molecule has 0 aliphatic rings. The van der Waals surface area contributed by atoms with Gasteiger partial charge in [0.1, 0.15) is 5.75 Å². The molecule has 0 radical (unpaired) electrons. The highest BCUT2D eigenvalue weighted by Gasteiger charge is 1.93. The number of aromatic amines is 1. The first-order chi connectivity index (χ1) is 5.83. The summed E-state index contributed by atoms with van der Waals surface area (Å²) in [6.07, 6.45) is 2.23. The van der Waals surface area contributed by atoms with Gasteiger partial charge in [-0.3, -0.25) is 4.79 Å². The predicted molar refractivity (Wildman–Crippen MR) is 44.0 cm³/mol. The van der Waals surface area contributed by atoms with E-state index in [-0.39, 0.29) is 5.56 Å². The molecule has 1 rings (SSSR count). The third-order valence-electron chi connectivity index (χ3n) is 1.26. The van der Waals surface area contributed by atoms with Crippen LogP contribution in [0.15, 0.2) is 17.1 Å². The highest BCUT2D eigenvalue weighted by atomic mass is 16.5. The van der Waals surface area contributed by atoms with Crippen molar-refractivity contribution in [3.63, 3.8) is 0 Å². The molecule has 5 heteroatoms. The number of H-pyrrole nitrogens is 1. The van der Waals surface area contributed by atoms with Gasteiger partial charge in [-0.25, -0.2) is 5.10 Å². The summed E-state index contributed by atoms with van der Waals surface area (Å²) < 4.78 is 5.16. The molecule has 0 fully saturated rings. The summed E-state index contributed by atoms with van der Waals surface area (Å²) in [5, 5.41) is 5.82. The maximum atomic E-state index is 10.7. The highest BCUT2D eigenvalue weighted by Crippen LogP contribution is 2.01. The van der Waals surface area contributed by atoms with Crippen LogP contribution in [0.1, 0.15) is 6.42 Å². The summed E-state index contributed by atoms with van der Waals surface area (Å²) in [6, 6.07) is 1.35. The average molecular weight is 169 g/mol. The van der Waals surface area contributed by atoms with E-state index in [1.54, 1.807) is 0 Å². The second kappa shape index (κ2) is 4.50. The Labute approximate surface area is 69.5 Å². The summed E-state index contributed by atoms with van der Waals surface area (Å²) in [5.41, 5.74) is 5.00.